The molecule has 4 nitrogen and oxygen atoms in total. The number of thiazole rings is 1. The summed E-state index contributed by atoms with van der Waals surface area (Å²) in [5.74, 6) is 0.397. The molecule has 0 fully saturated rings. The molecule has 0 aliphatic rings. The molecule has 0 aliphatic heterocycles. The lowest BCUT2D eigenvalue weighted by Gasteiger charge is -2.00. The summed E-state index contributed by atoms with van der Waals surface area (Å²) in [6.07, 6.45) is 3.43. The summed E-state index contributed by atoms with van der Waals surface area (Å²) < 4.78 is 0. The first-order chi connectivity index (χ1) is 7.66. The van der Waals surface area contributed by atoms with Crippen molar-refractivity contribution in [3.63, 3.8) is 0 Å². The SMILES string of the molecule is CC(C)c1sc(Nc2cccnc2)nc1O. The van der Waals surface area contributed by atoms with Gasteiger partial charge in [-0.1, -0.05) is 25.2 Å². The first-order valence-electron chi connectivity index (χ1n) is 5.03. The Balaban J connectivity index is 2.20. The van der Waals surface area contributed by atoms with Crippen LogP contribution in [0.2, 0.25) is 0 Å². The summed E-state index contributed by atoms with van der Waals surface area (Å²) >= 11 is 1.46. The lowest BCUT2D eigenvalue weighted by atomic mass is 10.2. The van der Waals surface area contributed by atoms with Crippen LogP contribution in [-0.4, -0.2) is 15.1 Å². The summed E-state index contributed by atoms with van der Waals surface area (Å²) in [6.45, 7) is 4.06. The van der Waals surface area contributed by atoms with Gasteiger partial charge in [0.15, 0.2) is 5.13 Å². The van der Waals surface area contributed by atoms with Gasteiger partial charge < -0.3 is 10.4 Å². The van der Waals surface area contributed by atoms with Gasteiger partial charge in [-0.2, -0.15) is 4.98 Å². The van der Waals surface area contributed by atoms with E-state index < -0.39 is 0 Å². The minimum atomic E-state index is 0.117. The fourth-order valence-corrected chi connectivity index (χ4v) is 2.20. The van der Waals surface area contributed by atoms with Gasteiger partial charge in [-0.3, -0.25) is 4.98 Å². The third kappa shape index (κ3) is 2.30. The van der Waals surface area contributed by atoms with Gasteiger partial charge in [-0.25, -0.2) is 0 Å². The van der Waals surface area contributed by atoms with Crippen molar-refractivity contribution in [1.29, 1.82) is 0 Å². The second kappa shape index (κ2) is 4.49. The molecule has 2 heterocycles. The zero-order valence-corrected chi connectivity index (χ0v) is 9.95. The fourth-order valence-electron chi connectivity index (χ4n) is 1.31. The third-order valence-electron chi connectivity index (χ3n) is 2.07. The highest BCUT2D eigenvalue weighted by atomic mass is 32.1. The molecular weight excluding hydrogens is 222 g/mol. The van der Waals surface area contributed by atoms with Crippen molar-refractivity contribution in [2.45, 2.75) is 19.8 Å². The number of nitrogens with one attached hydrogen (secondary N) is 1. The van der Waals surface area contributed by atoms with Crippen molar-refractivity contribution < 1.29 is 5.11 Å². The van der Waals surface area contributed by atoms with Crippen LogP contribution < -0.4 is 5.32 Å². The highest BCUT2D eigenvalue weighted by Crippen LogP contribution is 2.34. The van der Waals surface area contributed by atoms with Gasteiger partial charge in [0.1, 0.15) is 0 Å². The summed E-state index contributed by atoms with van der Waals surface area (Å²) in [6, 6.07) is 3.75. The molecule has 0 unspecified atom stereocenters. The number of anilines is 2. The van der Waals surface area contributed by atoms with E-state index in [0.717, 1.165) is 10.6 Å². The topological polar surface area (TPSA) is 58.0 Å². The van der Waals surface area contributed by atoms with Crippen LogP contribution in [0.1, 0.15) is 24.6 Å². The van der Waals surface area contributed by atoms with Crippen LogP contribution in [0.4, 0.5) is 10.8 Å². The Morgan fingerprint density at radius 3 is 2.81 bits per heavy atom. The second-order valence-electron chi connectivity index (χ2n) is 3.73. The Bertz CT molecular complexity index is 467. The van der Waals surface area contributed by atoms with Crippen molar-refractivity contribution in [3.8, 4) is 5.88 Å². The van der Waals surface area contributed by atoms with Gasteiger partial charge in [0, 0.05) is 6.20 Å². The van der Waals surface area contributed by atoms with E-state index in [-0.39, 0.29) is 11.8 Å². The number of aromatic nitrogens is 2. The Morgan fingerprint density at radius 1 is 1.44 bits per heavy atom. The number of rotatable bonds is 3. The molecule has 0 bridgehead atoms. The Morgan fingerprint density at radius 2 is 2.25 bits per heavy atom. The van der Waals surface area contributed by atoms with E-state index in [1.54, 1.807) is 12.4 Å². The smallest absolute Gasteiger partial charge is 0.227 e. The maximum absolute atomic E-state index is 9.62. The second-order valence-corrected chi connectivity index (χ2v) is 4.76. The van der Waals surface area contributed by atoms with E-state index >= 15 is 0 Å². The molecule has 2 rings (SSSR count). The molecule has 0 aromatic carbocycles. The van der Waals surface area contributed by atoms with Crippen molar-refractivity contribution in [2.24, 2.45) is 0 Å². The molecule has 84 valence electrons. The number of hydrogen-bond donors (Lipinski definition) is 2. The first-order valence-corrected chi connectivity index (χ1v) is 5.85. The molecule has 0 radical (unpaired) electrons. The monoisotopic (exact) mass is 235 g/mol. The highest BCUT2D eigenvalue weighted by Gasteiger charge is 2.13. The molecule has 0 aliphatic carbocycles. The summed E-state index contributed by atoms with van der Waals surface area (Å²) in [4.78, 5) is 8.95. The van der Waals surface area contributed by atoms with E-state index in [9.17, 15) is 5.11 Å². The predicted octanol–water partition coefficient (Wildman–Crippen LogP) is 3.11. The molecule has 16 heavy (non-hydrogen) atoms. The van der Waals surface area contributed by atoms with Crippen LogP contribution >= 0.6 is 11.3 Å². The third-order valence-corrected chi connectivity index (χ3v) is 3.33. The van der Waals surface area contributed by atoms with Gasteiger partial charge in [-0.05, 0) is 18.1 Å². The summed E-state index contributed by atoms with van der Waals surface area (Å²) in [7, 11) is 0. The first kappa shape index (κ1) is 10.9. The molecule has 2 aromatic heterocycles. The number of hydrogen-bond acceptors (Lipinski definition) is 5. The minimum absolute atomic E-state index is 0.117. The standard InChI is InChI=1S/C11H13N3OS/c1-7(2)9-10(15)14-11(16-9)13-8-4-3-5-12-6-8/h3-7,15H,1-2H3,(H,13,14). The Hall–Kier alpha value is -1.62. The summed E-state index contributed by atoms with van der Waals surface area (Å²) in [5, 5.41) is 13.4. The number of aromatic hydroxyl groups is 1. The maximum Gasteiger partial charge on any atom is 0.227 e. The van der Waals surface area contributed by atoms with Crippen molar-refractivity contribution >= 4 is 22.2 Å². The average Bonchev–Trinajstić information content (AvgIpc) is 2.61. The van der Waals surface area contributed by atoms with Crippen LogP contribution in [0.25, 0.3) is 0 Å². The zero-order chi connectivity index (χ0) is 11.5. The van der Waals surface area contributed by atoms with Crippen LogP contribution in [0, 0.1) is 0 Å². The number of nitrogens with zero attached hydrogens (tertiary/aromatic N) is 2. The molecule has 2 N–H and O–H groups in total. The zero-order valence-electron chi connectivity index (χ0n) is 9.14. The van der Waals surface area contributed by atoms with Crippen LogP contribution in [-0.2, 0) is 0 Å². The van der Waals surface area contributed by atoms with Gasteiger partial charge >= 0.3 is 0 Å². The molecule has 0 spiro atoms. The van der Waals surface area contributed by atoms with Gasteiger partial charge in [0.25, 0.3) is 0 Å². The van der Waals surface area contributed by atoms with E-state index in [1.165, 1.54) is 11.3 Å². The lowest BCUT2D eigenvalue weighted by Crippen LogP contribution is -1.88. The molecule has 2 aromatic rings. The van der Waals surface area contributed by atoms with E-state index in [2.05, 4.69) is 15.3 Å². The quantitative estimate of drug-likeness (QED) is 0.858. The van der Waals surface area contributed by atoms with Crippen molar-refractivity contribution in [3.05, 3.63) is 29.4 Å². The van der Waals surface area contributed by atoms with E-state index in [1.807, 2.05) is 26.0 Å². The van der Waals surface area contributed by atoms with Gasteiger partial charge in [-0.15, -0.1) is 0 Å². The van der Waals surface area contributed by atoms with Crippen LogP contribution in [0.5, 0.6) is 5.88 Å². The molecule has 0 amide bonds. The largest absolute Gasteiger partial charge is 0.492 e. The Kier molecular flexibility index (Phi) is 3.05. The lowest BCUT2D eigenvalue weighted by molar-refractivity contribution is 0.449. The predicted molar refractivity (Wildman–Crippen MR) is 65.4 cm³/mol. The highest BCUT2D eigenvalue weighted by molar-refractivity contribution is 7.16. The Labute approximate surface area is 98.0 Å². The van der Waals surface area contributed by atoms with Crippen molar-refractivity contribution in [1.82, 2.24) is 9.97 Å². The van der Waals surface area contributed by atoms with Crippen molar-refractivity contribution in [2.75, 3.05) is 5.32 Å². The fraction of sp³-hybridized carbons (Fsp3) is 0.273. The van der Waals surface area contributed by atoms with Gasteiger partial charge in [0.2, 0.25) is 5.88 Å². The normalized spacial score (nSPS) is 10.7. The van der Waals surface area contributed by atoms with Crippen LogP contribution in [0.15, 0.2) is 24.5 Å². The molecule has 0 saturated heterocycles. The molecule has 0 atom stereocenters. The van der Waals surface area contributed by atoms with Gasteiger partial charge in [0.05, 0.1) is 16.8 Å². The number of pyridine rings is 1. The molecule has 5 heteroatoms. The van der Waals surface area contributed by atoms with E-state index in [0.29, 0.717) is 5.13 Å². The van der Waals surface area contributed by atoms with E-state index in [4.69, 9.17) is 0 Å². The average molecular weight is 235 g/mol. The molecule has 0 saturated carbocycles. The summed E-state index contributed by atoms with van der Waals surface area (Å²) in [5.41, 5.74) is 0.867. The maximum atomic E-state index is 9.62. The van der Waals surface area contributed by atoms with Crippen LogP contribution in [0.3, 0.4) is 0 Å². The minimum Gasteiger partial charge on any atom is -0.492 e. The molecular formula is C11H13N3OS.